The Hall–Kier alpha value is -2.20. The third-order valence-electron chi connectivity index (χ3n) is 2.88. The number of ether oxygens (including phenoxy) is 2. The second kappa shape index (κ2) is 7.55. The normalized spacial score (nSPS) is 10.0. The molecule has 0 aliphatic rings. The number of halogens is 1. The van der Waals surface area contributed by atoms with E-state index in [1.165, 1.54) is 0 Å². The summed E-state index contributed by atoms with van der Waals surface area (Å²) in [4.78, 5) is 11.7. The van der Waals surface area contributed by atoms with Gasteiger partial charge in [0, 0.05) is 11.6 Å². The summed E-state index contributed by atoms with van der Waals surface area (Å²) in [5.41, 5.74) is 2.59. The molecule has 0 aliphatic heterocycles. The number of hydrogen-bond acceptors (Lipinski definition) is 3. The zero-order valence-electron chi connectivity index (χ0n) is 11.6. The number of hydrogen-bond donors (Lipinski definition) is 1. The molecule has 1 amide bonds. The van der Waals surface area contributed by atoms with Gasteiger partial charge in [-0.05, 0) is 35.4 Å². The molecule has 0 heterocycles. The maximum Gasteiger partial charge on any atom is 0.411 e. The van der Waals surface area contributed by atoms with Crippen molar-refractivity contribution in [1.82, 2.24) is 0 Å². The van der Waals surface area contributed by atoms with Crippen LogP contribution in [-0.4, -0.2) is 13.2 Å². The lowest BCUT2D eigenvalue weighted by atomic mass is 10.2. The van der Waals surface area contributed by atoms with Gasteiger partial charge in [-0.15, -0.1) is 11.6 Å². The fraction of sp³-hybridized carbons (Fsp3) is 0.188. The molecule has 0 aromatic heterocycles. The van der Waals surface area contributed by atoms with Crippen molar-refractivity contribution in [3.63, 3.8) is 0 Å². The number of methoxy groups -OCH3 is 1. The van der Waals surface area contributed by atoms with Crippen molar-refractivity contribution in [2.45, 2.75) is 12.5 Å². The van der Waals surface area contributed by atoms with Gasteiger partial charge >= 0.3 is 6.09 Å². The maximum atomic E-state index is 11.7. The van der Waals surface area contributed by atoms with Gasteiger partial charge in [-0.2, -0.15) is 0 Å². The van der Waals surface area contributed by atoms with Crippen molar-refractivity contribution >= 4 is 23.4 Å². The average molecular weight is 306 g/mol. The Morgan fingerprint density at radius 1 is 1.05 bits per heavy atom. The van der Waals surface area contributed by atoms with Crippen molar-refractivity contribution in [3.05, 3.63) is 59.7 Å². The summed E-state index contributed by atoms with van der Waals surface area (Å²) < 4.78 is 10.2. The first-order valence-corrected chi connectivity index (χ1v) is 6.96. The molecule has 2 aromatic rings. The lowest BCUT2D eigenvalue weighted by Crippen LogP contribution is -2.13. The Morgan fingerprint density at radius 3 is 2.24 bits per heavy atom. The second-order valence-corrected chi connectivity index (χ2v) is 4.65. The van der Waals surface area contributed by atoms with Crippen LogP contribution in [0.3, 0.4) is 0 Å². The molecular weight excluding hydrogens is 290 g/mol. The van der Waals surface area contributed by atoms with Gasteiger partial charge in [0.15, 0.2) is 0 Å². The largest absolute Gasteiger partial charge is 0.497 e. The predicted octanol–water partition coefficient (Wildman–Crippen LogP) is 4.18. The van der Waals surface area contributed by atoms with Crippen LogP contribution in [-0.2, 0) is 17.2 Å². The predicted molar refractivity (Wildman–Crippen MR) is 82.8 cm³/mol. The van der Waals surface area contributed by atoms with E-state index in [1.54, 1.807) is 31.4 Å². The van der Waals surface area contributed by atoms with E-state index in [0.717, 1.165) is 16.9 Å². The Morgan fingerprint density at radius 2 is 1.67 bits per heavy atom. The van der Waals surface area contributed by atoms with Crippen molar-refractivity contribution in [3.8, 4) is 5.75 Å². The summed E-state index contributed by atoms with van der Waals surface area (Å²) in [5, 5.41) is 2.65. The fourth-order valence-corrected chi connectivity index (χ4v) is 1.88. The third-order valence-corrected chi connectivity index (χ3v) is 3.19. The molecule has 0 spiro atoms. The molecule has 0 aliphatic carbocycles. The molecule has 0 fully saturated rings. The highest BCUT2D eigenvalue weighted by molar-refractivity contribution is 6.17. The first-order valence-electron chi connectivity index (χ1n) is 6.43. The Labute approximate surface area is 128 Å². The summed E-state index contributed by atoms with van der Waals surface area (Å²) in [6.45, 7) is 0.213. The standard InChI is InChI=1S/C16H16ClNO3/c1-20-15-8-6-14(7-9-15)18-16(19)21-11-13-4-2-12(10-17)3-5-13/h2-9H,10-11H2,1H3,(H,18,19). The number of alkyl halides is 1. The third kappa shape index (κ3) is 4.68. The lowest BCUT2D eigenvalue weighted by Gasteiger charge is -2.08. The van der Waals surface area contributed by atoms with E-state index >= 15 is 0 Å². The minimum absolute atomic E-state index is 0.213. The number of carbonyl (C=O) groups is 1. The number of benzene rings is 2. The van der Waals surface area contributed by atoms with Crippen LogP contribution in [0.1, 0.15) is 11.1 Å². The molecular formula is C16H16ClNO3. The monoisotopic (exact) mass is 305 g/mol. The van der Waals surface area contributed by atoms with Crippen molar-refractivity contribution in [2.24, 2.45) is 0 Å². The first kappa shape index (κ1) is 15.2. The zero-order chi connectivity index (χ0) is 15.1. The minimum Gasteiger partial charge on any atom is -0.497 e. The smallest absolute Gasteiger partial charge is 0.411 e. The van der Waals surface area contributed by atoms with Gasteiger partial charge in [0.2, 0.25) is 0 Å². The van der Waals surface area contributed by atoms with Crippen molar-refractivity contribution in [1.29, 1.82) is 0 Å². The molecule has 4 nitrogen and oxygen atoms in total. The molecule has 5 heteroatoms. The molecule has 21 heavy (non-hydrogen) atoms. The van der Waals surface area contributed by atoms with E-state index in [4.69, 9.17) is 21.1 Å². The minimum atomic E-state index is -0.499. The molecule has 0 bridgehead atoms. The van der Waals surface area contributed by atoms with E-state index in [9.17, 15) is 4.79 Å². The molecule has 2 aromatic carbocycles. The highest BCUT2D eigenvalue weighted by atomic mass is 35.5. The fourth-order valence-electron chi connectivity index (χ4n) is 1.70. The van der Waals surface area contributed by atoms with Crippen LogP contribution in [0.25, 0.3) is 0 Å². The van der Waals surface area contributed by atoms with Crippen LogP contribution in [0.15, 0.2) is 48.5 Å². The van der Waals surface area contributed by atoms with E-state index in [2.05, 4.69) is 5.32 Å². The highest BCUT2D eigenvalue weighted by Crippen LogP contribution is 2.15. The molecule has 2 rings (SSSR count). The van der Waals surface area contributed by atoms with E-state index in [1.807, 2.05) is 24.3 Å². The van der Waals surface area contributed by atoms with Gasteiger partial charge in [-0.25, -0.2) is 4.79 Å². The maximum absolute atomic E-state index is 11.7. The molecule has 0 saturated carbocycles. The van der Waals surface area contributed by atoms with E-state index < -0.39 is 6.09 Å². The van der Waals surface area contributed by atoms with Gasteiger partial charge in [-0.3, -0.25) is 5.32 Å². The second-order valence-electron chi connectivity index (χ2n) is 4.38. The molecule has 110 valence electrons. The number of nitrogens with one attached hydrogen (secondary N) is 1. The number of anilines is 1. The molecule has 0 atom stereocenters. The van der Waals surface area contributed by atoms with Crippen LogP contribution < -0.4 is 10.1 Å². The van der Waals surface area contributed by atoms with Gasteiger partial charge in [0.1, 0.15) is 12.4 Å². The molecule has 0 radical (unpaired) electrons. The Kier molecular flexibility index (Phi) is 5.46. The van der Waals surface area contributed by atoms with Gasteiger partial charge in [0.25, 0.3) is 0 Å². The topological polar surface area (TPSA) is 47.6 Å². The summed E-state index contributed by atoms with van der Waals surface area (Å²) in [6.07, 6.45) is -0.499. The lowest BCUT2D eigenvalue weighted by molar-refractivity contribution is 0.155. The van der Waals surface area contributed by atoms with Crippen LogP contribution in [0.4, 0.5) is 10.5 Å². The van der Waals surface area contributed by atoms with Crippen molar-refractivity contribution < 1.29 is 14.3 Å². The first-order chi connectivity index (χ1) is 10.2. The van der Waals surface area contributed by atoms with Crippen LogP contribution in [0.5, 0.6) is 5.75 Å². The van der Waals surface area contributed by atoms with E-state index in [-0.39, 0.29) is 6.61 Å². The van der Waals surface area contributed by atoms with Gasteiger partial charge < -0.3 is 9.47 Å². The Balaban J connectivity index is 1.83. The molecule has 1 N–H and O–H groups in total. The number of rotatable bonds is 5. The van der Waals surface area contributed by atoms with Gasteiger partial charge in [-0.1, -0.05) is 24.3 Å². The number of amides is 1. The summed E-state index contributed by atoms with van der Waals surface area (Å²) in [5.74, 6) is 1.20. The molecule has 0 unspecified atom stereocenters. The van der Waals surface area contributed by atoms with Crippen LogP contribution in [0, 0.1) is 0 Å². The number of carbonyl (C=O) groups excluding carboxylic acids is 1. The summed E-state index contributed by atoms with van der Waals surface area (Å²) in [6, 6.07) is 14.6. The average Bonchev–Trinajstić information content (AvgIpc) is 2.54. The van der Waals surface area contributed by atoms with Gasteiger partial charge in [0.05, 0.1) is 7.11 Å². The van der Waals surface area contributed by atoms with Crippen molar-refractivity contribution in [2.75, 3.05) is 12.4 Å². The zero-order valence-corrected chi connectivity index (χ0v) is 12.4. The van der Waals surface area contributed by atoms with Crippen LogP contribution >= 0.6 is 11.6 Å². The van der Waals surface area contributed by atoms with E-state index in [0.29, 0.717) is 11.6 Å². The Bertz CT molecular complexity index is 581. The highest BCUT2D eigenvalue weighted by Gasteiger charge is 2.04. The SMILES string of the molecule is COc1ccc(NC(=O)OCc2ccc(CCl)cc2)cc1. The van der Waals surface area contributed by atoms with Crippen LogP contribution in [0.2, 0.25) is 0 Å². The molecule has 0 saturated heterocycles. The summed E-state index contributed by atoms with van der Waals surface area (Å²) in [7, 11) is 1.59. The quantitative estimate of drug-likeness (QED) is 0.843. The summed E-state index contributed by atoms with van der Waals surface area (Å²) >= 11 is 5.71.